The Bertz CT molecular complexity index is 821. The van der Waals surface area contributed by atoms with Gasteiger partial charge in [0, 0.05) is 12.4 Å². The van der Waals surface area contributed by atoms with Gasteiger partial charge in [-0.3, -0.25) is 0 Å². The van der Waals surface area contributed by atoms with E-state index in [4.69, 9.17) is 9.72 Å². The van der Waals surface area contributed by atoms with Gasteiger partial charge in [-0.05, 0) is 35.7 Å². The third kappa shape index (κ3) is 2.31. The van der Waals surface area contributed by atoms with Crippen LogP contribution in [0.25, 0.3) is 5.65 Å². The van der Waals surface area contributed by atoms with Crippen LogP contribution in [0.4, 0.5) is 0 Å². The molecule has 0 amide bonds. The standard InChI is InChI=1S/C18H14N2OS/c1-2-8-15(9-3-1)21-18(11-5-7-13-22-18)16-14-20-12-6-4-10-17(20)19-16/h1-14H. The molecule has 1 aliphatic heterocycles. The van der Waals surface area contributed by atoms with Gasteiger partial charge >= 0.3 is 0 Å². The lowest BCUT2D eigenvalue weighted by Crippen LogP contribution is -2.27. The van der Waals surface area contributed by atoms with Gasteiger partial charge in [0.1, 0.15) is 17.1 Å². The van der Waals surface area contributed by atoms with E-state index in [9.17, 15) is 0 Å². The zero-order valence-corrected chi connectivity index (χ0v) is 12.6. The van der Waals surface area contributed by atoms with Crippen molar-refractivity contribution in [1.82, 2.24) is 9.38 Å². The molecule has 0 radical (unpaired) electrons. The lowest BCUT2D eigenvalue weighted by atomic mass is 10.2. The van der Waals surface area contributed by atoms with Gasteiger partial charge in [0.25, 0.3) is 0 Å². The Labute approximate surface area is 133 Å². The van der Waals surface area contributed by atoms with Crippen LogP contribution in [0.3, 0.4) is 0 Å². The van der Waals surface area contributed by atoms with Gasteiger partial charge in [0.05, 0.1) is 0 Å². The largest absolute Gasteiger partial charge is 0.467 e. The monoisotopic (exact) mass is 306 g/mol. The molecule has 0 N–H and O–H groups in total. The van der Waals surface area contributed by atoms with Crippen molar-refractivity contribution in [3.63, 3.8) is 0 Å². The molecule has 4 heteroatoms. The maximum Gasteiger partial charge on any atom is 0.221 e. The van der Waals surface area contributed by atoms with Crippen LogP contribution >= 0.6 is 11.8 Å². The maximum atomic E-state index is 6.31. The van der Waals surface area contributed by atoms with Crippen molar-refractivity contribution in [3.05, 3.63) is 90.3 Å². The number of rotatable bonds is 3. The van der Waals surface area contributed by atoms with Gasteiger partial charge in [-0.2, -0.15) is 0 Å². The molecule has 3 heterocycles. The molecule has 1 atom stereocenters. The summed E-state index contributed by atoms with van der Waals surface area (Å²) < 4.78 is 8.32. The van der Waals surface area contributed by atoms with Crippen molar-refractivity contribution < 1.29 is 4.74 Å². The molecule has 22 heavy (non-hydrogen) atoms. The number of fused-ring (bicyclic) bond motifs is 1. The summed E-state index contributed by atoms with van der Waals surface area (Å²) in [6, 6.07) is 15.8. The number of hydrogen-bond acceptors (Lipinski definition) is 3. The van der Waals surface area contributed by atoms with E-state index in [1.54, 1.807) is 11.8 Å². The second-order valence-electron chi connectivity index (χ2n) is 4.98. The van der Waals surface area contributed by atoms with Gasteiger partial charge in [-0.1, -0.05) is 48.2 Å². The highest BCUT2D eigenvalue weighted by Gasteiger charge is 2.35. The molecule has 1 aliphatic rings. The minimum absolute atomic E-state index is 0.637. The first-order valence-electron chi connectivity index (χ1n) is 7.06. The molecule has 3 aromatic rings. The lowest BCUT2D eigenvalue weighted by molar-refractivity contribution is 0.215. The van der Waals surface area contributed by atoms with Gasteiger partial charge in [-0.25, -0.2) is 4.98 Å². The van der Waals surface area contributed by atoms with E-state index in [2.05, 4.69) is 0 Å². The summed E-state index contributed by atoms with van der Waals surface area (Å²) in [5.41, 5.74) is 1.80. The number of hydrogen-bond donors (Lipinski definition) is 0. The van der Waals surface area contributed by atoms with Crippen LogP contribution in [0.1, 0.15) is 5.69 Å². The molecule has 1 unspecified atom stereocenters. The van der Waals surface area contributed by atoms with Gasteiger partial charge < -0.3 is 9.14 Å². The highest BCUT2D eigenvalue weighted by atomic mass is 32.2. The minimum atomic E-state index is -0.637. The van der Waals surface area contributed by atoms with Crippen LogP contribution < -0.4 is 4.74 Å². The van der Waals surface area contributed by atoms with Crippen molar-refractivity contribution in [1.29, 1.82) is 0 Å². The highest BCUT2D eigenvalue weighted by Crippen LogP contribution is 2.42. The Morgan fingerprint density at radius 2 is 1.86 bits per heavy atom. The average molecular weight is 306 g/mol. The van der Waals surface area contributed by atoms with E-state index < -0.39 is 4.93 Å². The number of aromatic nitrogens is 2. The molecule has 108 valence electrons. The SMILES string of the molecule is C1=CSC(Oc2ccccc2)(c2cn3ccccc3n2)C=C1. The van der Waals surface area contributed by atoms with E-state index in [1.807, 2.05) is 89.0 Å². The third-order valence-corrected chi connectivity index (χ3v) is 4.55. The summed E-state index contributed by atoms with van der Waals surface area (Å²) in [6.45, 7) is 0. The second-order valence-corrected chi connectivity index (χ2v) is 6.09. The number of thioether (sulfide) groups is 1. The Balaban J connectivity index is 1.80. The highest BCUT2D eigenvalue weighted by molar-refractivity contribution is 8.03. The Morgan fingerprint density at radius 1 is 1.00 bits per heavy atom. The zero-order valence-electron chi connectivity index (χ0n) is 11.8. The van der Waals surface area contributed by atoms with Crippen LogP contribution in [0.2, 0.25) is 0 Å². The summed E-state index contributed by atoms with van der Waals surface area (Å²) in [5, 5.41) is 2.03. The maximum absolute atomic E-state index is 6.31. The fourth-order valence-corrected chi connectivity index (χ4v) is 3.32. The van der Waals surface area contributed by atoms with E-state index in [0.29, 0.717) is 0 Å². The normalized spacial score (nSPS) is 20.4. The molecule has 0 spiro atoms. The summed E-state index contributed by atoms with van der Waals surface area (Å²) in [6.07, 6.45) is 10.1. The number of para-hydroxylation sites is 1. The van der Waals surface area contributed by atoms with Crippen molar-refractivity contribution in [2.75, 3.05) is 0 Å². The summed E-state index contributed by atoms with van der Waals surface area (Å²) in [7, 11) is 0. The van der Waals surface area contributed by atoms with Crippen molar-refractivity contribution in [3.8, 4) is 5.75 Å². The van der Waals surface area contributed by atoms with E-state index >= 15 is 0 Å². The Morgan fingerprint density at radius 3 is 2.64 bits per heavy atom. The molecule has 0 saturated carbocycles. The van der Waals surface area contributed by atoms with Crippen LogP contribution in [-0.2, 0) is 4.93 Å². The predicted molar refractivity (Wildman–Crippen MR) is 89.8 cm³/mol. The smallest absolute Gasteiger partial charge is 0.221 e. The molecule has 1 aromatic carbocycles. The van der Waals surface area contributed by atoms with E-state index in [-0.39, 0.29) is 0 Å². The number of nitrogens with zero attached hydrogens (tertiary/aromatic N) is 2. The molecular weight excluding hydrogens is 292 g/mol. The first-order chi connectivity index (χ1) is 10.9. The molecule has 0 aliphatic carbocycles. The molecule has 0 bridgehead atoms. The number of allylic oxidation sites excluding steroid dienone is 2. The summed E-state index contributed by atoms with van der Waals surface area (Å²) in [4.78, 5) is 4.10. The molecule has 0 fully saturated rings. The number of pyridine rings is 1. The first kappa shape index (κ1) is 13.2. The van der Waals surface area contributed by atoms with E-state index in [1.165, 1.54) is 0 Å². The van der Waals surface area contributed by atoms with Crippen molar-refractivity contribution >= 4 is 17.4 Å². The van der Waals surface area contributed by atoms with Gasteiger partial charge in [-0.15, -0.1) is 0 Å². The molecule has 2 aromatic heterocycles. The van der Waals surface area contributed by atoms with Crippen LogP contribution in [0.15, 0.2) is 84.6 Å². The topological polar surface area (TPSA) is 26.5 Å². The molecule has 4 rings (SSSR count). The quantitative estimate of drug-likeness (QED) is 0.718. The van der Waals surface area contributed by atoms with Crippen molar-refractivity contribution in [2.45, 2.75) is 4.93 Å². The third-order valence-electron chi connectivity index (χ3n) is 3.48. The van der Waals surface area contributed by atoms with Gasteiger partial charge in [0.15, 0.2) is 0 Å². The van der Waals surface area contributed by atoms with Crippen LogP contribution in [-0.4, -0.2) is 9.38 Å². The Hall–Kier alpha value is -2.46. The van der Waals surface area contributed by atoms with E-state index in [0.717, 1.165) is 17.1 Å². The molecule has 0 saturated heterocycles. The number of ether oxygens (including phenoxy) is 1. The van der Waals surface area contributed by atoms with Crippen LogP contribution in [0.5, 0.6) is 5.75 Å². The summed E-state index contributed by atoms with van der Waals surface area (Å²) in [5.74, 6) is 0.826. The fourth-order valence-electron chi connectivity index (χ4n) is 2.43. The van der Waals surface area contributed by atoms with Crippen molar-refractivity contribution in [2.24, 2.45) is 0 Å². The second kappa shape index (κ2) is 5.39. The number of imidazole rings is 1. The fraction of sp³-hybridized carbons (Fsp3) is 0.0556. The minimum Gasteiger partial charge on any atom is -0.467 e. The molecular formula is C18H14N2OS. The molecule has 3 nitrogen and oxygen atoms in total. The lowest BCUT2D eigenvalue weighted by Gasteiger charge is -2.29. The number of benzene rings is 1. The van der Waals surface area contributed by atoms with Crippen LogP contribution in [0, 0.1) is 0 Å². The van der Waals surface area contributed by atoms with Gasteiger partial charge in [0.2, 0.25) is 4.93 Å². The Kier molecular flexibility index (Phi) is 3.24. The predicted octanol–water partition coefficient (Wildman–Crippen LogP) is 4.38. The average Bonchev–Trinajstić information content (AvgIpc) is 3.01. The first-order valence-corrected chi connectivity index (χ1v) is 7.94. The summed E-state index contributed by atoms with van der Waals surface area (Å²) >= 11 is 1.61. The zero-order chi connectivity index (χ0) is 14.8.